The van der Waals surface area contributed by atoms with Gasteiger partial charge in [0.2, 0.25) is 0 Å². The van der Waals surface area contributed by atoms with E-state index in [2.05, 4.69) is 5.32 Å². The number of carboxylic acids is 1. The number of aromatic carboxylic acids is 1. The van der Waals surface area contributed by atoms with E-state index < -0.39 is 5.97 Å². The number of rotatable bonds is 5. The highest BCUT2D eigenvalue weighted by atomic mass is 16.4. The highest BCUT2D eigenvalue weighted by molar-refractivity contribution is 6.04. The van der Waals surface area contributed by atoms with Crippen LogP contribution in [0.1, 0.15) is 31.8 Å². The van der Waals surface area contributed by atoms with Gasteiger partial charge in [-0.3, -0.25) is 4.79 Å². The molecule has 21 heavy (non-hydrogen) atoms. The van der Waals surface area contributed by atoms with Crippen LogP contribution in [-0.4, -0.2) is 23.5 Å². The minimum absolute atomic E-state index is 0.0188. The van der Waals surface area contributed by atoms with Gasteiger partial charge in [0.05, 0.1) is 11.1 Å². The lowest BCUT2D eigenvalue weighted by Gasteiger charge is -2.08. The van der Waals surface area contributed by atoms with Crippen molar-refractivity contribution in [3.63, 3.8) is 0 Å². The zero-order valence-corrected chi connectivity index (χ0v) is 11.8. The summed E-state index contributed by atoms with van der Waals surface area (Å²) < 4.78 is 0. The fourth-order valence-electron chi connectivity index (χ4n) is 2.04. The Labute approximate surface area is 123 Å². The van der Waals surface area contributed by atoms with Crippen molar-refractivity contribution in [2.45, 2.75) is 13.3 Å². The second kappa shape index (κ2) is 6.70. The van der Waals surface area contributed by atoms with Gasteiger partial charge >= 0.3 is 5.97 Å². The molecule has 4 heteroatoms. The number of hydrogen-bond donors (Lipinski definition) is 2. The first-order valence-corrected chi connectivity index (χ1v) is 6.74. The van der Waals surface area contributed by atoms with Gasteiger partial charge in [0.1, 0.15) is 0 Å². The van der Waals surface area contributed by atoms with Crippen LogP contribution in [-0.2, 0) is 6.42 Å². The quantitative estimate of drug-likeness (QED) is 0.886. The number of aryl methyl sites for hydroxylation is 1. The number of benzene rings is 2. The second-order valence-electron chi connectivity index (χ2n) is 4.84. The fourth-order valence-corrected chi connectivity index (χ4v) is 2.04. The van der Waals surface area contributed by atoms with Gasteiger partial charge < -0.3 is 10.4 Å². The zero-order chi connectivity index (χ0) is 15.2. The number of amides is 1. The van der Waals surface area contributed by atoms with Crippen LogP contribution in [0.15, 0.2) is 48.5 Å². The van der Waals surface area contributed by atoms with Crippen molar-refractivity contribution in [2.75, 3.05) is 6.54 Å². The molecule has 0 aliphatic heterocycles. The van der Waals surface area contributed by atoms with E-state index in [0.717, 1.165) is 5.56 Å². The highest BCUT2D eigenvalue weighted by Crippen LogP contribution is 2.09. The molecule has 0 aromatic heterocycles. The number of carboxylic acid groups (broad SMARTS) is 1. The molecule has 0 unspecified atom stereocenters. The fraction of sp³-hybridized carbons (Fsp3) is 0.176. The molecule has 0 aliphatic carbocycles. The molecule has 2 rings (SSSR count). The average Bonchev–Trinajstić information content (AvgIpc) is 2.49. The molecule has 0 saturated heterocycles. The summed E-state index contributed by atoms with van der Waals surface area (Å²) in [5, 5.41) is 11.8. The summed E-state index contributed by atoms with van der Waals surface area (Å²) in [7, 11) is 0. The van der Waals surface area contributed by atoms with Crippen molar-refractivity contribution in [1.29, 1.82) is 0 Å². The van der Waals surface area contributed by atoms with E-state index in [4.69, 9.17) is 5.11 Å². The van der Waals surface area contributed by atoms with Crippen LogP contribution in [0.2, 0.25) is 0 Å². The molecule has 0 saturated carbocycles. The summed E-state index contributed by atoms with van der Waals surface area (Å²) in [5.41, 5.74) is 2.53. The van der Waals surface area contributed by atoms with Crippen LogP contribution < -0.4 is 5.32 Å². The van der Waals surface area contributed by atoms with Crippen molar-refractivity contribution in [3.05, 3.63) is 70.8 Å². The molecule has 2 N–H and O–H groups in total. The first kappa shape index (κ1) is 14.8. The van der Waals surface area contributed by atoms with Crippen LogP contribution in [0.3, 0.4) is 0 Å². The zero-order valence-electron chi connectivity index (χ0n) is 11.8. The molecule has 0 fully saturated rings. The maximum absolute atomic E-state index is 12.0. The molecule has 0 atom stereocenters. The maximum Gasteiger partial charge on any atom is 0.336 e. The Morgan fingerprint density at radius 1 is 1.00 bits per heavy atom. The van der Waals surface area contributed by atoms with Crippen LogP contribution in [0, 0.1) is 6.92 Å². The molecule has 0 radical (unpaired) electrons. The van der Waals surface area contributed by atoms with E-state index in [9.17, 15) is 9.59 Å². The summed E-state index contributed by atoms with van der Waals surface area (Å²) in [6, 6.07) is 14.3. The van der Waals surface area contributed by atoms with Gasteiger partial charge in [-0.2, -0.15) is 0 Å². The Hall–Kier alpha value is -2.62. The third kappa shape index (κ3) is 3.92. The lowest BCUT2D eigenvalue weighted by molar-refractivity contribution is 0.0691. The lowest BCUT2D eigenvalue weighted by Crippen LogP contribution is -2.27. The van der Waals surface area contributed by atoms with Gasteiger partial charge in [-0.25, -0.2) is 4.79 Å². The molecule has 0 heterocycles. The highest BCUT2D eigenvalue weighted by Gasteiger charge is 2.14. The summed E-state index contributed by atoms with van der Waals surface area (Å²) in [6.45, 7) is 2.49. The first-order chi connectivity index (χ1) is 10.1. The summed E-state index contributed by atoms with van der Waals surface area (Å²) in [5.74, 6) is -1.46. The Kier molecular flexibility index (Phi) is 4.72. The van der Waals surface area contributed by atoms with E-state index in [0.29, 0.717) is 13.0 Å². The van der Waals surface area contributed by atoms with Crippen LogP contribution in [0.4, 0.5) is 0 Å². The van der Waals surface area contributed by atoms with E-state index in [1.807, 2.05) is 31.2 Å². The monoisotopic (exact) mass is 283 g/mol. The van der Waals surface area contributed by atoms with E-state index in [1.165, 1.54) is 17.7 Å². The SMILES string of the molecule is Cc1ccc(CCNC(=O)c2ccccc2C(=O)O)cc1. The Bertz CT molecular complexity index is 647. The van der Waals surface area contributed by atoms with Crippen LogP contribution >= 0.6 is 0 Å². The Morgan fingerprint density at radius 2 is 1.62 bits per heavy atom. The number of carbonyl (C=O) groups is 2. The predicted octanol–water partition coefficient (Wildman–Crippen LogP) is 2.67. The molecule has 0 aliphatic rings. The van der Waals surface area contributed by atoms with Gasteiger partial charge in [0.25, 0.3) is 5.91 Å². The second-order valence-corrected chi connectivity index (χ2v) is 4.84. The van der Waals surface area contributed by atoms with E-state index >= 15 is 0 Å². The standard InChI is InChI=1S/C17H17NO3/c1-12-6-8-13(9-7-12)10-11-18-16(19)14-4-2-3-5-15(14)17(20)21/h2-9H,10-11H2,1H3,(H,18,19)(H,20,21). The maximum atomic E-state index is 12.0. The van der Waals surface area contributed by atoms with Gasteiger partial charge in [-0.05, 0) is 31.0 Å². The van der Waals surface area contributed by atoms with Crippen molar-refractivity contribution < 1.29 is 14.7 Å². The normalized spacial score (nSPS) is 10.1. The van der Waals surface area contributed by atoms with Crippen molar-refractivity contribution in [3.8, 4) is 0 Å². The molecular formula is C17H17NO3. The van der Waals surface area contributed by atoms with Crippen molar-refractivity contribution in [1.82, 2.24) is 5.32 Å². The minimum atomic E-state index is -1.10. The topological polar surface area (TPSA) is 66.4 Å². The van der Waals surface area contributed by atoms with Gasteiger partial charge in [-0.15, -0.1) is 0 Å². The van der Waals surface area contributed by atoms with E-state index in [-0.39, 0.29) is 17.0 Å². The third-order valence-electron chi connectivity index (χ3n) is 3.22. The number of nitrogens with one attached hydrogen (secondary N) is 1. The average molecular weight is 283 g/mol. The molecule has 0 spiro atoms. The van der Waals surface area contributed by atoms with Crippen molar-refractivity contribution >= 4 is 11.9 Å². The minimum Gasteiger partial charge on any atom is -0.478 e. The van der Waals surface area contributed by atoms with Gasteiger partial charge in [-0.1, -0.05) is 42.0 Å². The largest absolute Gasteiger partial charge is 0.478 e. The first-order valence-electron chi connectivity index (χ1n) is 6.74. The molecule has 108 valence electrons. The summed E-state index contributed by atoms with van der Waals surface area (Å²) in [4.78, 5) is 23.1. The van der Waals surface area contributed by atoms with E-state index in [1.54, 1.807) is 12.1 Å². The van der Waals surface area contributed by atoms with Crippen LogP contribution in [0.5, 0.6) is 0 Å². The Balaban J connectivity index is 1.96. The van der Waals surface area contributed by atoms with Gasteiger partial charge in [0.15, 0.2) is 0 Å². The summed E-state index contributed by atoms with van der Waals surface area (Å²) >= 11 is 0. The molecular weight excluding hydrogens is 266 g/mol. The summed E-state index contributed by atoms with van der Waals surface area (Å²) in [6.07, 6.45) is 0.710. The molecule has 4 nitrogen and oxygen atoms in total. The molecule has 2 aromatic carbocycles. The van der Waals surface area contributed by atoms with Gasteiger partial charge in [0, 0.05) is 6.54 Å². The predicted molar refractivity (Wildman–Crippen MR) is 80.6 cm³/mol. The number of hydrogen-bond acceptors (Lipinski definition) is 2. The molecule has 0 bridgehead atoms. The molecule has 1 amide bonds. The Morgan fingerprint density at radius 3 is 2.24 bits per heavy atom. The number of carbonyl (C=O) groups excluding carboxylic acids is 1. The van der Waals surface area contributed by atoms with Crippen molar-refractivity contribution in [2.24, 2.45) is 0 Å². The smallest absolute Gasteiger partial charge is 0.336 e. The van der Waals surface area contributed by atoms with Crippen LogP contribution in [0.25, 0.3) is 0 Å². The lowest BCUT2D eigenvalue weighted by atomic mass is 10.1. The molecule has 2 aromatic rings. The third-order valence-corrected chi connectivity index (χ3v) is 3.22.